The van der Waals surface area contributed by atoms with E-state index in [0.717, 1.165) is 62.9 Å². The van der Waals surface area contributed by atoms with Crippen LogP contribution in [0.2, 0.25) is 0 Å². The summed E-state index contributed by atoms with van der Waals surface area (Å²) in [6.45, 7) is 32.2. The molecule has 0 saturated heterocycles. The van der Waals surface area contributed by atoms with Gasteiger partial charge in [-0.05, 0) is 87.3 Å². The van der Waals surface area contributed by atoms with E-state index in [1.165, 1.54) is 89.9 Å². The highest BCUT2D eigenvalue weighted by atomic mass is 16.5. The number of phenols is 3. The normalized spacial score (nSPS) is 12.3. The van der Waals surface area contributed by atoms with Crippen molar-refractivity contribution < 1.29 is 24.9 Å². The average molecular weight is 871 g/mol. The summed E-state index contributed by atoms with van der Waals surface area (Å²) in [6.07, 6.45) is 23.0. The molecule has 0 atom stereocenters. The second-order valence-electron chi connectivity index (χ2n) is 22.9. The van der Waals surface area contributed by atoms with E-state index in [4.69, 9.17) is 4.74 Å². The lowest BCUT2D eigenvalue weighted by Crippen LogP contribution is -2.18. The highest BCUT2D eigenvalue weighted by molar-refractivity contribution is 5.69. The van der Waals surface area contributed by atoms with E-state index in [1.54, 1.807) is 0 Å². The fourth-order valence-electron chi connectivity index (χ4n) is 8.46. The third kappa shape index (κ3) is 20.1. The van der Waals surface area contributed by atoms with E-state index in [2.05, 4.69) is 128 Å². The minimum absolute atomic E-state index is 0.117. The molecule has 0 aliphatic rings. The number of carbonyl (C=O) groups is 1. The number of phenolic OH excluding ortho intramolecular Hbond substituents is 3. The predicted molar refractivity (Wildman–Crippen MR) is 270 cm³/mol. The molecule has 5 nitrogen and oxygen atoms in total. The zero-order valence-corrected chi connectivity index (χ0v) is 43.3. The molecule has 63 heavy (non-hydrogen) atoms. The summed E-state index contributed by atoms with van der Waals surface area (Å²) in [5.41, 5.74) is 8.29. The number of hydrogen-bond acceptors (Lipinski definition) is 5. The van der Waals surface area contributed by atoms with Gasteiger partial charge >= 0.3 is 5.97 Å². The standard InChI is InChI=1S/C35H62O3.C23H32O2/c1-8-9-10-11-12-13-14-15-16-17-18-19-20-21-22-23-26-38-32(36)25-24-29-27-30(34(2,3)4)33(37)31(28-29)35(5,6)7;1-14-9-16(20(24)18(11-14)22(3,4)5)13-17-10-15(2)12-19(21(17)25)23(6,7)8/h27-28,37H,8-26H2,1-7H3;9-12,24-25H,13H2,1-8H3. The zero-order chi connectivity index (χ0) is 47.6. The lowest BCUT2D eigenvalue weighted by Gasteiger charge is -2.28. The van der Waals surface area contributed by atoms with Crippen LogP contribution in [0.25, 0.3) is 0 Å². The molecule has 0 fully saturated rings. The van der Waals surface area contributed by atoms with Gasteiger partial charge in [0.2, 0.25) is 0 Å². The molecule has 0 bridgehead atoms. The van der Waals surface area contributed by atoms with Crippen LogP contribution in [-0.2, 0) is 44.0 Å². The van der Waals surface area contributed by atoms with Crippen LogP contribution in [0.15, 0.2) is 36.4 Å². The monoisotopic (exact) mass is 871 g/mol. The van der Waals surface area contributed by atoms with Crippen molar-refractivity contribution >= 4 is 5.97 Å². The second-order valence-corrected chi connectivity index (χ2v) is 22.9. The van der Waals surface area contributed by atoms with Crippen molar-refractivity contribution in [3.8, 4) is 17.2 Å². The van der Waals surface area contributed by atoms with Crippen LogP contribution in [-0.4, -0.2) is 27.9 Å². The Morgan fingerprint density at radius 2 is 0.778 bits per heavy atom. The summed E-state index contributed by atoms with van der Waals surface area (Å²) in [7, 11) is 0. The SMILES string of the molecule is CCCCCCCCCCCCCCCCCCOC(=O)CCc1cc(C(C)(C)C)c(O)c(C(C)(C)C)c1.Cc1cc(Cc2cc(C)cc(C(C)(C)C)c2O)c(O)c(C(C)(C)C)c1. The molecule has 0 aliphatic heterocycles. The highest BCUT2D eigenvalue weighted by Crippen LogP contribution is 2.41. The number of unbranched alkanes of at least 4 members (excludes halogenated alkanes) is 15. The maximum Gasteiger partial charge on any atom is 0.306 e. The Morgan fingerprint density at radius 1 is 0.460 bits per heavy atom. The van der Waals surface area contributed by atoms with Gasteiger partial charge < -0.3 is 20.1 Å². The number of benzene rings is 3. The second kappa shape index (κ2) is 25.9. The molecule has 0 amide bonds. The van der Waals surface area contributed by atoms with Gasteiger partial charge in [0.25, 0.3) is 0 Å². The Labute approximate surface area is 387 Å². The number of carbonyl (C=O) groups excluding carboxylic acids is 1. The molecule has 0 aliphatic carbocycles. The van der Waals surface area contributed by atoms with Crippen LogP contribution in [0.4, 0.5) is 0 Å². The molecule has 0 saturated carbocycles. The maximum absolute atomic E-state index is 12.3. The molecular weight excluding hydrogens is 777 g/mol. The lowest BCUT2D eigenvalue weighted by molar-refractivity contribution is -0.143. The Morgan fingerprint density at radius 3 is 1.11 bits per heavy atom. The van der Waals surface area contributed by atoms with Gasteiger partial charge in [-0.2, -0.15) is 0 Å². The van der Waals surface area contributed by atoms with Crippen LogP contribution in [0, 0.1) is 13.8 Å². The van der Waals surface area contributed by atoms with Crippen molar-refractivity contribution in [2.45, 2.75) is 248 Å². The molecule has 5 heteroatoms. The van der Waals surface area contributed by atoms with Crippen molar-refractivity contribution in [3.05, 3.63) is 86.5 Å². The molecule has 0 radical (unpaired) electrons. The van der Waals surface area contributed by atoms with Crippen LogP contribution in [0.5, 0.6) is 17.2 Å². The first-order valence-corrected chi connectivity index (χ1v) is 25.0. The molecule has 3 aromatic carbocycles. The Bertz CT molecular complexity index is 1720. The number of hydrogen-bond donors (Lipinski definition) is 3. The molecule has 3 rings (SSSR count). The molecule has 3 aromatic rings. The van der Waals surface area contributed by atoms with Crippen LogP contribution >= 0.6 is 0 Å². The average Bonchev–Trinajstić information content (AvgIpc) is 3.16. The quantitative estimate of drug-likeness (QED) is 0.0692. The Kier molecular flexibility index (Phi) is 22.9. The predicted octanol–water partition coefficient (Wildman–Crippen LogP) is 16.6. The van der Waals surface area contributed by atoms with E-state index in [1.807, 2.05) is 12.1 Å². The Hall–Kier alpha value is -3.47. The number of ether oxygens (including phenoxy) is 1. The van der Waals surface area contributed by atoms with Gasteiger partial charge in [0, 0.05) is 12.8 Å². The summed E-state index contributed by atoms with van der Waals surface area (Å²) in [5.74, 6) is 0.959. The van der Waals surface area contributed by atoms with E-state index in [9.17, 15) is 20.1 Å². The molecule has 0 unspecified atom stereocenters. The number of aryl methyl sites for hydroxylation is 3. The van der Waals surface area contributed by atoms with Crippen molar-refractivity contribution in [2.24, 2.45) is 0 Å². The smallest absolute Gasteiger partial charge is 0.306 e. The summed E-state index contributed by atoms with van der Waals surface area (Å²) in [4.78, 5) is 12.3. The Balaban J connectivity index is 0.000000470. The van der Waals surface area contributed by atoms with Crippen molar-refractivity contribution in [3.63, 3.8) is 0 Å². The summed E-state index contributed by atoms with van der Waals surface area (Å²) < 4.78 is 5.51. The fraction of sp³-hybridized carbons (Fsp3) is 0.672. The van der Waals surface area contributed by atoms with Crippen LogP contribution in [0.3, 0.4) is 0 Å². The third-order valence-corrected chi connectivity index (χ3v) is 12.3. The lowest BCUT2D eigenvalue weighted by atomic mass is 9.78. The van der Waals surface area contributed by atoms with Gasteiger partial charge in [0.05, 0.1) is 6.61 Å². The van der Waals surface area contributed by atoms with Crippen LogP contribution in [0.1, 0.15) is 249 Å². The van der Waals surface area contributed by atoms with Gasteiger partial charge in [0.1, 0.15) is 17.2 Å². The van der Waals surface area contributed by atoms with Crippen LogP contribution < -0.4 is 0 Å². The largest absolute Gasteiger partial charge is 0.507 e. The zero-order valence-electron chi connectivity index (χ0n) is 43.3. The molecule has 0 aromatic heterocycles. The third-order valence-electron chi connectivity index (χ3n) is 12.3. The van der Waals surface area contributed by atoms with Gasteiger partial charge in [0.15, 0.2) is 0 Å². The molecule has 0 heterocycles. The molecule has 0 spiro atoms. The van der Waals surface area contributed by atoms with Gasteiger partial charge in [-0.15, -0.1) is 0 Å². The van der Waals surface area contributed by atoms with Gasteiger partial charge in [-0.3, -0.25) is 4.79 Å². The first kappa shape index (κ1) is 55.7. The molecule has 3 N–H and O–H groups in total. The number of esters is 1. The van der Waals surface area contributed by atoms with Crippen molar-refractivity contribution in [2.75, 3.05) is 6.61 Å². The van der Waals surface area contributed by atoms with E-state index >= 15 is 0 Å². The number of rotatable bonds is 22. The van der Waals surface area contributed by atoms with Gasteiger partial charge in [-0.25, -0.2) is 0 Å². The number of aromatic hydroxyl groups is 3. The maximum atomic E-state index is 12.3. The minimum Gasteiger partial charge on any atom is -0.507 e. The van der Waals surface area contributed by atoms with Crippen molar-refractivity contribution in [1.29, 1.82) is 0 Å². The fourth-order valence-corrected chi connectivity index (χ4v) is 8.46. The van der Waals surface area contributed by atoms with Crippen molar-refractivity contribution in [1.82, 2.24) is 0 Å². The summed E-state index contributed by atoms with van der Waals surface area (Å²) >= 11 is 0. The molecular formula is C58H94O5. The first-order valence-electron chi connectivity index (χ1n) is 25.0. The summed E-state index contributed by atoms with van der Waals surface area (Å²) in [6, 6.07) is 12.3. The topological polar surface area (TPSA) is 87.0 Å². The first-order chi connectivity index (χ1) is 29.3. The minimum atomic E-state index is -0.159. The van der Waals surface area contributed by atoms with E-state index in [-0.39, 0.29) is 27.6 Å². The molecule has 356 valence electrons. The van der Waals surface area contributed by atoms with Gasteiger partial charge in [-0.1, -0.05) is 234 Å². The van der Waals surface area contributed by atoms with E-state index in [0.29, 0.717) is 43.1 Å². The highest BCUT2D eigenvalue weighted by Gasteiger charge is 2.27. The van der Waals surface area contributed by atoms with E-state index < -0.39 is 0 Å². The summed E-state index contributed by atoms with van der Waals surface area (Å²) in [5, 5.41) is 32.5.